The maximum Gasteiger partial charge on any atom is 0.314 e. The molecular weight excluding hydrogens is 226 g/mol. The average Bonchev–Trinajstić information content (AvgIpc) is 2.29. The van der Waals surface area contributed by atoms with Gasteiger partial charge in [0.25, 0.3) is 0 Å². The van der Waals surface area contributed by atoms with Gasteiger partial charge in [-0.05, 0) is 46.5 Å². The Morgan fingerprint density at radius 1 is 1.44 bits per heavy atom. The zero-order valence-corrected chi connectivity index (χ0v) is 11.9. The molecule has 0 saturated carbocycles. The topological polar surface area (TPSA) is 58.4 Å². The smallest absolute Gasteiger partial charge is 0.314 e. The van der Waals surface area contributed by atoms with Gasteiger partial charge in [-0.25, -0.2) is 4.79 Å². The zero-order valence-electron chi connectivity index (χ0n) is 11.9. The summed E-state index contributed by atoms with van der Waals surface area (Å²) in [7, 11) is 0. The fraction of sp³-hybridized carbons (Fsp3) is 0.786. The molecule has 1 aliphatic heterocycles. The molecular formula is C14H27N3O. The standard InChI is InChI=1S/C14H27N3O/c1-11(2)5-4-6-12(3)16-13-7-9-17(10-8-13)14(15)18/h5,12-13,16H,4,6-10H2,1-3H3,(H2,15,18)/t12-/m0/s1. The van der Waals surface area contributed by atoms with E-state index in [2.05, 4.69) is 32.2 Å². The van der Waals surface area contributed by atoms with E-state index in [1.54, 1.807) is 4.90 Å². The molecule has 0 aliphatic carbocycles. The Labute approximate surface area is 111 Å². The molecule has 1 aliphatic rings. The largest absolute Gasteiger partial charge is 0.351 e. The Hall–Kier alpha value is -1.03. The van der Waals surface area contributed by atoms with Crippen LogP contribution in [-0.4, -0.2) is 36.1 Å². The molecule has 1 heterocycles. The molecule has 3 N–H and O–H groups in total. The molecule has 1 saturated heterocycles. The molecule has 0 aromatic heterocycles. The normalized spacial score (nSPS) is 18.5. The quantitative estimate of drug-likeness (QED) is 0.738. The SMILES string of the molecule is CC(C)=CCC[C@H](C)NC1CCN(C(N)=O)CC1. The number of likely N-dealkylation sites (tertiary alicyclic amines) is 1. The number of nitrogens with two attached hydrogens (primary N) is 1. The summed E-state index contributed by atoms with van der Waals surface area (Å²) in [6.45, 7) is 8.08. The third-order valence-corrected chi connectivity index (χ3v) is 3.48. The van der Waals surface area contributed by atoms with Crippen LogP contribution >= 0.6 is 0 Å². The summed E-state index contributed by atoms with van der Waals surface area (Å²) >= 11 is 0. The summed E-state index contributed by atoms with van der Waals surface area (Å²) in [6.07, 6.45) is 6.61. The monoisotopic (exact) mass is 253 g/mol. The number of carbonyl (C=O) groups excluding carboxylic acids is 1. The molecule has 0 radical (unpaired) electrons. The van der Waals surface area contributed by atoms with E-state index in [0.29, 0.717) is 12.1 Å². The Morgan fingerprint density at radius 2 is 2.06 bits per heavy atom. The van der Waals surface area contributed by atoms with Crippen molar-refractivity contribution in [2.24, 2.45) is 5.73 Å². The second-order valence-corrected chi connectivity index (χ2v) is 5.53. The molecule has 1 rings (SSSR count). The van der Waals surface area contributed by atoms with Gasteiger partial charge in [0.05, 0.1) is 0 Å². The van der Waals surface area contributed by atoms with Gasteiger partial charge in [0.1, 0.15) is 0 Å². The van der Waals surface area contributed by atoms with E-state index in [9.17, 15) is 4.79 Å². The van der Waals surface area contributed by atoms with Crippen molar-refractivity contribution < 1.29 is 4.79 Å². The Bertz CT molecular complexity index is 289. The lowest BCUT2D eigenvalue weighted by atomic mass is 10.0. The molecule has 0 bridgehead atoms. The lowest BCUT2D eigenvalue weighted by molar-refractivity contribution is 0.182. The Kier molecular flexibility index (Phi) is 6.19. The summed E-state index contributed by atoms with van der Waals surface area (Å²) in [5.41, 5.74) is 6.65. The highest BCUT2D eigenvalue weighted by Crippen LogP contribution is 2.12. The highest BCUT2D eigenvalue weighted by molar-refractivity contribution is 5.72. The van der Waals surface area contributed by atoms with Crippen LogP contribution in [0.3, 0.4) is 0 Å². The number of nitrogens with zero attached hydrogens (tertiary/aromatic N) is 1. The summed E-state index contributed by atoms with van der Waals surface area (Å²) < 4.78 is 0. The van der Waals surface area contributed by atoms with Crippen molar-refractivity contribution in [2.45, 2.75) is 58.5 Å². The van der Waals surface area contributed by atoms with Crippen molar-refractivity contribution in [1.82, 2.24) is 10.2 Å². The molecule has 0 unspecified atom stereocenters. The third kappa shape index (κ3) is 5.54. The number of piperidine rings is 1. The van der Waals surface area contributed by atoms with Crippen molar-refractivity contribution in [3.8, 4) is 0 Å². The number of amides is 2. The maximum absolute atomic E-state index is 11.0. The number of rotatable bonds is 5. The number of nitrogens with one attached hydrogen (secondary N) is 1. The van der Waals surface area contributed by atoms with Crippen molar-refractivity contribution in [1.29, 1.82) is 0 Å². The van der Waals surface area contributed by atoms with Crippen LogP contribution in [0.15, 0.2) is 11.6 Å². The fourth-order valence-corrected chi connectivity index (χ4v) is 2.37. The molecule has 0 aromatic rings. The molecule has 104 valence electrons. The third-order valence-electron chi connectivity index (χ3n) is 3.48. The molecule has 4 nitrogen and oxygen atoms in total. The molecule has 1 atom stereocenters. The molecule has 4 heteroatoms. The van der Waals surface area contributed by atoms with Crippen LogP contribution in [0.25, 0.3) is 0 Å². The summed E-state index contributed by atoms with van der Waals surface area (Å²) in [4.78, 5) is 12.7. The fourth-order valence-electron chi connectivity index (χ4n) is 2.37. The summed E-state index contributed by atoms with van der Waals surface area (Å²) in [5.74, 6) is 0. The van der Waals surface area contributed by atoms with E-state index in [-0.39, 0.29) is 6.03 Å². The van der Waals surface area contributed by atoms with Gasteiger partial charge in [-0.2, -0.15) is 0 Å². The molecule has 18 heavy (non-hydrogen) atoms. The number of allylic oxidation sites excluding steroid dienone is 2. The van der Waals surface area contributed by atoms with E-state index in [1.165, 1.54) is 12.0 Å². The Morgan fingerprint density at radius 3 is 2.56 bits per heavy atom. The number of primary amides is 1. The van der Waals surface area contributed by atoms with E-state index < -0.39 is 0 Å². The van der Waals surface area contributed by atoms with Gasteiger partial charge in [-0.15, -0.1) is 0 Å². The van der Waals surface area contributed by atoms with Gasteiger partial charge in [-0.1, -0.05) is 11.6 Å². The van der Waals surface area contributed by atoms with Crippen molar-refractivity contribution in [3.05, 3.63) is 11.6 Å². The minimum Gasteiger partial charge on any atom is -0.351 e. The molecule has 2 amide bonds. The van der Waals surface area contributed by atoms with E-state index in [0.717, 1.165) is 32.4 Å². The van der Waals surface area contributed by atoms with Crippen LogP contribution in [0, 0.1) is 0 Å². The van der Waals surface area contributed by atoms with Crippen molar-refractivity contribution in [3.63, 3.8) is 0 Å². The lowest BCUT2D eigenvalue weighted by Gasteiger charge is -2.33. The van der Waals surface area contributed by atoms with Crippen LogP contribution < -0.4 is 11.1 Å². The minimum atomic E-state index is -0.287. The lowest BCUT2D eigenvalue weighted by Crippen LogP contribution is -2.48. The number of hydrogen-bond acceptors (Lipinski definition) is 2. The first-order valence-electron chi connectivity index (χ1n) is 6.93. The highest BCUT2D eigenvalue weighted by atomic mass is 16.2. The van der Waals surface area contributed by atoms with E-state index in [4.69, 9.17) is 5.73 Å². The predicted octanol–water partition coefficient (Wildman–Crippen LogP) is 2.25. The summed E-state index contributed by atoms with van der Waals surface area (Å²) in [6, 6.07) is 0.776. The van der Waals surface area contributed by atoms with Gasteiger partial charge < -0.3 is 16.0 Å². The second kappa shape index (κ2) is 7.41. The number of hydrogen-bond donors (Lipinski definition) is 2. The second-order valence-electron chi connectivity index (χ2n) is 5.53. The van der Waals surface area contributed by atoms with Gasteiger partial charge >= 0.3 is 6.03 Å². The van der Waals surface area contributed by atoms with Gasteiger partial charge in [0, 0.05) is 25.2 Å². The number of urea groups is 1. The van der Waals surface area contributed by atoms with Crippen molar-refractivity contribution in [2.75, 3.05) is 13.1 Å². The van der Waals surface area contributed by atoms with Crippen LogP contribution in [0.2, 0.25) is 0 Å². The number of carbonyl (C=O) groups is 1. The first-order chi connectivity index (χ1) is 8.49. The van der Waals surface area contributed by atoms with E-state index >= 15 is 0 Å². The summed E-state index contributed by atoms with van der Waals surface area (Å²) in [5, 5.41) is 3.64. The van der Waals surface area contributed by atoms with Crippen LogP contribution in [0.4, 0.5) is 4.79 Å². The molecule has 0 spiro atoms. The van der Waals surface area contributed by atoms with Crippen LogP contribution in [0.5, 0.6) is 0 Å². The van der Waals surface area contributed by atoms with Crippen LogP contribution in [0.1, 0.15) is 46.5 Å². The molecule has 0 aromatic carbocycles. The minimum absolute atomic E-state index is 0.287. The first kappa shape index (κ1) is 15.0. The maximum atomic E-state index is 11.0. The first-order valence-corrected chi connectivity index (χ1v) is 6.93. The highest BCUT2D eigenvalue weighted by Gasteiger charge is 2.21. The molecule has 1 fully saturated rings. The van der Waals surface area contributed by atoms with Gasteiger partial charge in [0.2, 0.25) is 0 Å². The van der Waals surface area contributed by atoms with Gasteiger partial charge in [-0.3, -0.25) is 0 Å². The zero-order chi connectivity index (χ0) is 13.5. The average molecular weight is 253 g/mol. The predicted molar refractivity (Wildman–Crippen MR) is 75.4 cm³/mol. The van der Waals surface area contributed by atoms with E-state index in [1.807, 2.05) is 0 Å². The van der Waals surface area contributed by atoms with Crippen LogP contribution in [-0.2, 0) is 0 Å². The Balaban J connectivity index is 2.20. The van der Waals surface area contributed by atoms with Gasteiger partial charge in [0.15, 0.2) is 0 Å². The van der Waals surface area contributed by atoms with Crippen molar-refractivity contribution >= 4 is 6.03 Å².